The molecule has 1 aliphatic heterocycles. The van der Waals surface area contributed by atoms with Crippen LogP contribution in [0.5, 0.6) is 0 Å². The summed E-state index contributed by atoms with van der Waals surface area (Å²) in [6, 6.07) is 0. The van der Waals surface area contributed by atoms with Gasteiger partial charge in [0.15, 0.2) is 0 Å². The number of rotatable bonds is 5. The predicted molar refractivity (Wildman–Crippen MR) is 85.9 cm³/mol. The summed E-state index contributed by atoms with van der Waals surface area (Å²) in [5, 5.41) is 3.12. The second-order valence-electron chi connectivity index (χ2n) is 7.71. The number of carbonyl (C=O) groups excluding carboxylic acids is 1. The van der Waals surface area contributed by atoms with Crippen LogP contribution in [0.25, 0.3) is 0 Å². The molecule has 0 spiro atoms. The van der Waals surface area contributed by atoms with E-state index < -0.39 is 0 Å². The second kappa shape index (κ2) is 6.51. The van der Waals surface area contributed by atoms with Crippen molar-refractivity contribution in [1.82, 2.24) is 10.2 Å². The maximum Gasteiger partial charge on any atom is 0.222 e. The lowest BCUT2D eigenvalue weighted by molar-refractivity contribution is -0.124. The monoisotopic (exact) mass is 290 g/mol. The molecule has 3 rings (SSSR count). The van der Waals surface area contributed by atoms with Crippen LogP contribution in [0.3, 0.4) is 0 Å². The lowest BCUT2D eigenvalue weighted by atomic mass is 9.91. The maximum atomic E-state index is 11.7. The van der Waals surface area contributed by atoms with Crippen LogP contribution in [0.1, 0.15) is 39.5 Å². The molecule has 1 saturated carbocycles. The smallest absolute Gasteiger partial charge is 0.222 e. The highest BCUT2D eigenvalue weighted by Gasteiger charge is 2.36. The molecule has 3 aliphatic rings. The lowest BCUT2D eigenvalue weighted by Gasteiger charge is -2.35. The number of allylic oxidation sites excluding steroid dienone is 2. The molecule has 1 heterocycles. The van der Waals surface area contributed by atoms with Crippen molar-refractivity contribution in [3.63, 3.8) is 0 Å². The molecule has 0 radical (unpaired) electrons. The molecule has 2 aliphatic carbocycles. The average molecular weight is 290 g/mol. The molecule has 0 aromatic heterocycles. The van der Waals surface area contributed by atoms with Crippen LogP contribution in [0.2, 0.25) is 0 Å². The van der Waals surface area contributed by atoms with Crippen LogP contribution >= 0.6 is 0 Å². The van der Waals surface area contributed by atoms with Gasteiger partial charge in [0, 0.05) is 25.6 Å². The van der Waals surface area contributed by atoms with Crippen LogP contribution in [0.15, 0.2) is 12.2 Å². The summed E-state index contributed by atoms with van der Waals surface area (Å²) >= 11 is 0. The Bertz CT molecular complexity index is 404. The molecule has 3 heteroatoms. The molecule has 0 aromatic carbocycles. The Hall–Kier alpha value is -0.830. The normalized spacial score (nSPS) is 35.6. The minimum absolute atomic E-state index is 0.102. The Labute approximate surface area is 129 Å². The Morgan fingerprint density at radius 2 is 2.19 bits per heavy atom. The first-order valence-electron chi connectivity index (χ1n) is 8.80. The van der Waals surface area contributed by atoms with E-state index in [9.17, 15) is 4.79 Å². The topological polar surface area (TPSA) is 32.3 Å². The van der Waals surface area contributed by atoms with Gasteiger partial charge in [-0.25, -0.2) is 0 Å². The minimum atomic E-state index is 0.102. The fraction of sp³-hybridized carbons (Fsp3) is 0.833. The molecule has 118 valence electrons. The summed E-state index contributed by atoms with van der Waals surface area (Å²) in [4.78, 5) is 14.4. The zero-order valence-electron chi connectivity index (χ0n) is 13.6. The molecule has 21 heavy (non-hydrogen) atoms. The summed E-state index contributed by atoms with van der Waals surface area (Å²) < 4.78 is 0. The highest BCUT2D eigenvalue weighted by molar-refractivity contribution is 5.77. The highest BCUT2D eigenvalue weighted by atomic mass is 16.1. The van der Waals surface area contributed by atoms with Crippen molar-refractivity contribution in [2.24, 2.45) is 29.6 Å². The summed E-state index contributed by atoms with van der Waals surface area (Å²) in [6.45, 7) is 8.50. The van der Waals surface area contributed by atoms with Crippen LogP contribution in [-0.4, -0.2) is 37.0 Å². The standard InChI is InChI=1S/C18H30N2O/c1-13(2)18(21)19-10-15-4-3-7-20(11-15)12-17-9-14-5-6-16(17)8-14/h5-6,13-17H,3-4,7-12H2,1-2H3,(H,19,21)/t14-,15-,16-,17+/m0/s1. The van der Waals surface area contributed by atoms with E-state index in [4.69, 9.17) is 0 Å². The van der Waals surface area contributed by atoms with Gasteiger partial charge in [0.05, 0.1) is 0 Å². The first kappa shape index (κ1) is 15.1. The van der Waals surface area contributed by atoms with Crippen molar-refractivity contribution < 1.29 is 4.79 Å². The van der Waals surface area contributed by atoms with Gasteiger partial charge in [0.2, 0.25) is 5.91 Å². The van der Waals surface area contributed by atoms with E-state index in [-0.39, 0.29) is 11.8 Å². The van der Waals surface area contributed by atoms with E-state index in [1.54, 1.807) is 0 Å². The summed E-state index contributed by atoms with van der Waals surface area (Å²) in [7, 11) is 0. The second-order valence-corrected chi connectivity index (χ2v) is 7.71. The Morgan fingerprint density at radius 1 is 1.33 bits per heavy atom. The van der Waals surface area contributed by atoms with Gasteiger partial charge >= 0.3 is 0 Å². The Balaban J connectivity index is 1.43. The Morgan fingerprint density at radius 3 is 2.86 bits per heavy atom. The molecule has 1 amide bonds. The van der Waals surface area contributed by atoms with E-state index in [1.165, 1.54) is 45.3 Å². The minimum Gasteiger partial charge on any atom is -0.356 e. The lowest BCUT2D eigenvalue weighted by Crippen LogP contribution is -2.43. The number of hydrogen-bond donors (Lipinski definition) is 1. The van der Waals surface area contributed by atoms with E-state index in [2.05, 4.69) is 22.4 Å². The first-order valence-corrected chi connectivity index (χ1v) is 8.80. The zero-order chi connectivity index (χ0) is 14.8. The molecular formula is C18H30N2O. The van der Waals surface area contributed by atoms with Crippen molar-refractivity contribution in [2.45, 2.75) is 39.5 Å². The van der Waals surface area contributed by atoms with Crippen molar-refractivity contribution in [2.75, 3.05) is 26.2 Å². The molecule has 2 fully saturated rings. The van der Waals surface area contributed by atoms with Gasteiger partial charge < -0.3 is 10.2 Å². The van der Waals surface area contributed by atoms with Crippen molar-refractivity contribution in [3.05, 3.63) is 12.2 Å². The number of nitrogens with one attached hydrogen (secondary N) is 1. The van der Waals surface area contributed by atoms with Crippen LogP contribution in [-0.2, 0) is 4.79 Å². The third-order valence-corrected chi connectivity index (χ3v) is 5.60. The van der Waals surface area contributed by atoms with E-state index in [0.29, 0.717) is 5.92 Å². The molecule has 0 aromatic rings. The SMILES string of the molecule is CC(C)C(=O)NC[C@@H]1CCCN(C[C@H]2C[C@H]3C=C[C@H]2C3)C1. The van der Waals surface area contributed by atoms with Crippen LogP contribution in [0.4, 0.5) is 0 Å². The van der Waals surface area contributed by atoms with Gasteiger partial charge in [-0.05, 0) is 55.9 Å². The fourth-order valence-corrected chi connectivity index (χ4v) is 4.37. The van der Waals surface area contributed by atoms with Gasteiger partial charge in [-0.3, -0.25) is 4.79 Å². The number of carbonyl (C=O) groups is 1. The van der Waals surface area contributed by atoms with E-state index in [1.807, 2.05) is 13.8 Å². The number of likely N-dealkylation sites (tertiary alicyclic amines) is 1. The number of hydrogen-bond acceptors (Lipinski definition) is 2. The number of amides is 1. The number of nitrogens with zero attached hydrogens (tertiary/aromatic N) is 1. The summed E-state index contributed by atoms with van der Waals surface area (Å²) in [5.74, 6) is 3.58. The third kappa shape index (κ3) is 3.68. The average Bonchev–Trinajstić information content (AvgIpc) is 3.07. The predicted octanol–water partition coefficient (Wildman–Crippen LogP) is 2.68. The molecule has 2 bridgehead atoms. The van der Waals surface area contributed by atoms with Crippen molar-refractivity contribution in [1.29, 1.82) is 0 Å². The van der Waals surface area contributed by atoms with Gasteiger partial charge in [-0.15, -0.1) is 0 Å². The zero-order valence-corrected chi connectivity index (χ0v) is 13.6. The largest absolute Gasteiger partial charge is 0.356 e. The summed E-state index contributed by atoms with van der Waals surface area (Å²) in [5.41, 5.74) is 0. The van der Waals surface area contributed by atoms with Crippen molar-refractivity contribution in [3.8, 4) is 0 Å². The molecule has 1 N–H and O–H groups in total. The van der Waals surface area contributed by atoms with Crippen molar-refractivity contribution >= 4 is 5.91 Å². The molecule has 3 nitrogen and oxygen atoms in total. The quantitative estimate of drug-likeness (QED) is 0.790. The number of fused-ring (bicyclic) bond motifs is 2. The van der Waals surface area contributed by atoms with Gasteiger partial charge in [-0.2, -0.15) is 0 Å². The van der Waals surface area contributed by atoms with Gasteiger partial charge in [-0.1, -0.05) is 26.0 Å². The van der Waals surface area contributed by atoms with E-state index in [0.717, 1.165) is 24.3 Å². The summed E-state index contributed by atoms with van der Waals surface area (Å²) in [6.07, 6.45) is 10.3. The van der Waals surface area contributed by atoms with E-state index >= 15 is 0 Å². The number of piperidine rings is 1. The molecule has 4 atom stereocenters. The van der Waals surface area contributed by atoms with Crippen LogP contribution < -0.4 is 5.32 Å². The molecule has 1 saturated heterocycles. The molecule has 0 unspecified atom stereocenters. The molecular weight excluding hydrogens is 260 g/mol. The Kier molecular flexibility index (Phi) is 4.68. The first-order chi connectivity index (χ1) is 10.1. The third-order valence-electron chi connectivity index (χ3n) is 5.60. The fourth-order valence-electron chi connectivity index (χ4n) is 4.37. The highest BCUT2D eigenvalue weighted by Crippen LogP contribution is 2.43. The van der Waals surface area contributed by atoms with Crippen LogP contribution in [0, 0.1) is 29.6 Å². The van der Waals surface area contributed by atoms with Gasteiger partial charge in [0.1, 0.15) is 0 Å². The maximum absolute atomic E-state index is 11.7. The van der Waals surface area contributed by atoms with Gasteiger partial charge in [0.25, 0.3) is 0 Å².